The Balaban J connectivity index is 2.03. The zero-order valence-electron chi connectivity index (χ0n) is 14.8. The zero-order chi connectivity index (χ0) is 18.2. The highest BCUT2D eigenvalue weighted by atomic mass is 16.5. The van der Waals surface area contributed by atoms with Crippen LogP contribution in [0.1, 0.15) is 29.8 Å². The summed E-state index contributed by atoms with van der Waals surface area (Å²) in [5, 5.41) is 0. The molecule has 2 aromatic carbocycles. The van der Waals surface area contributed by atoms with Gasteiger partial charge in [-0.3, -0.25) is 4.79 Å². The van der Waals surface area contributed by atoms with Gasteiger partial charge in [0.05, 0.1) is 12.2 Å². The van der Waals surface area contributed by atoms with Crippen molar-refractivity contribution in [1.29, 1.82) is 0 Å². The Labute approximate surface area is 148 Å². The summed E-state index contributed by atoms with van der Waals surface area (Å²) in [4.78, 5) is 25.9. The van der Waals surface area contributed by atoms with Gasteiger partial charge in [-0.05, 0) is 56.7 Å². The maximum Gasteiger partial charge on any atom is 0.338 e. The summed E-state index contributed by atoms with van der Waals surface area (Å²) in [6, 6.07) is 14.4. The molecule has 0 spiro atoms. The first-order valence-electron chi connectivity index (χ1n) is 8.32. The standard InChI is InChI=1S/C20H23NO4/c1-4-21(17-10-6-8-15(3)12-17)19(22)14-25-18-11-7-9-16(13-18)20(23)24-5-2/h6-13H,4-5,14H2,1-3H3. The quantitative estimate of drug-likeness (QED) is 0.722. The molecule has 0 saturated heterocycles. The molecule has 0 N–H and O–H groups in total. The van der Waals surface area contributed by atoms with Gasteiger partial charge in [0.25, 0.3) is 5.91 Å². The van der Waals surface area contributed by atoms with E-state index in [-0.39, 0.29) is 12.5 Å². The van der Waals surface area contributed by atoms with Gasteiger partial charge < -0.3 is 14.4 Å². The molecule has 0 aliphatic heterocycles. The molecule has 0 aliphatic rings. The van der Waals surface area contributed by atoms with Crippen LogP contribution in [-0.2, 0) is 9.53 Å². The predicted octanol–water partition coefficient (Wildman–Crippen LogP) is 3.60. The largest absolute Gasteiger partial charge is 0.484 e. The monoisotopic (exact) mass is 341 g/mol. The first-order chi connectivity index (χ1) is 12.0. The van der Waals surface area contributed by atoms with E-state index in [9.17, 15) is 9.59 Å². The van der Waals surface area contributed by atoms with Crippen molar-refractivity contribution >= 4 is 17.6 Å². The maximum atomic E-state index is 12.5. The fraction of sp³-hybridized carbons (Fsp3) is 0.300. The molecule has 25 heavy (non-hydrogen) atoms. The number of likely N-dealkylation sites (N-methyl/N-ethyl adjacent to an activating group) is 1. The number of carbonyl (C=O) groups excluding carboxylic acids is 2. The van der Waals surface area contributed by atoms with E-state index in [0.29, 0.717) is 24.5 Å². The van der Waals surface area contributed by atoms with E-state index in [1.807, 2.05) is 38.1 Å². The van der Waals surface area contributed by atoms with E-state index in [4.69, 9.17) is 9.47 Å². The number of hydrogen-bond acceptors (Lipinski definition) is 4. The summed E-state index contributed by atoms with van der Waals surface area (Å²) < 4.78 is 10.5. The molecule has 0 atom stereocenters. The number of carbonyl (C=O) groups is 2. The van der Waals surface area contributed by atoms with Crippen LogP contribution in [0.15, 0.2) is 48.5 Å². The van der Waals surface area contributed by atoms with Gasteiger partial charge in [0.2, 0.25) is 0 Å². The molecule has 2 aromatic rings. The number of ether oxygens (including phenoxy) is 2. The van der Waals surface area contributed by atoms with Crippen LogP contribution >= 0.6 is 0 Å². The summed E-state index contributed by atoms with van der Waals surface area (Å²) in [6.07, 6.45) is 0. The van der Waals surface area contributed by atoms with Gasteiger partial charge in [-0.25, -0.2) is 4.79 Å². The minimum absolute atomic E-state index is 0.103. The topological polar surface area (TPSA) is 55.8 Å². The highest BCUT2D eigenvalue weighted by Gasteiger charge is 2.15. The van der Waals surface area contributed by atoms with E-state index in [1.54, 1.807) is 36.1 Å². The van der Waals surface area contributed by atoms with Crippen molar-refractivity contribution in [2.75, 3.05) is 24.7 Å². The summed E-state index contributed by atoms with van der Waals surface area (Å²) in [7, 11) is 0. The van der Waals surface area contributed by atoms with Crippen LogP contribution in [0.25, 0.3) is 0 Å². The second-order valence-corrected chi connectivity index (χ2v) is 5.51. The van der Waals surface area contributed by atoms with Gasteiger partial charge >= 0.3 is 5.97 Å². The normalized spacial score (nSPS) is 10.2. The summed E-state index contributed by atoms with van der Waals surface area (Å²) in [5.41, 5.74) is 2.33. The molecule has 5 heteroatoms. The predicted molar refractivity (Wildman–Crippen MR) is 97.1 cm³/mol. The average Bonchev–Trinajstić information content (AvgIpc) is 2.61. The third-order valence-corrected chi connectivity index (χ3v) is 3.64. The number of anilines is 1. The Kier molecular flexibility index (Phi) is 6.57. The van der Waals surface area contributed by atoms with Gasteiger partial charge in [-0.1, -0.05) is 18.2 Å². The molecular formula is C20H23NO4. The van der Waals surface area contributed by atoms with Crippen LogP contribution in [0.5, 0.6) is 5.75 Å². The lowest BCUT2D eigenvalue weighted by molar-refractivity contribution is -0.120. The van der Waals surface area contributed by atoms with Crippen LogP contribution in [0.4, 0.5) is 5.69 Å². The first kappa shape index (κ1) is 18.5. The first-order valence-corrected chi connectivity index (χ1v) is 8.32. The molecule has 0 unspecified atom stereocenters. The van der Waals surface area contributed by atoms with Crippen LogP contribution in [0.2, 0.25) is 0 Å². The van der Waals surface area contributed by atoms with Gasteiger partial charge in [0.15, 0.2) is 6.61 Å². The van der Waals surface area contributed by atoms with Gasteiger partial charge in [0.1, 0.15) is 5.75 Å². The molecule has 0 aliphatic carbocycles. The van der Waals surface area contributed by atoms with Crippen molar-refractivity contribution < 1.29 is 19.1 Å². The maximum absolute atomic E-state index is 12.5. The molecule has 0 bridgehead atoms. The number of esters is 1. The molecular weight excluding hydrogens is 318 g/mol. The van der Waals surface area contributed by atoms with Crippen molar-refractivity contribution in [2.45, 2.75) is 20.8 Å². The van der Waals surface area contributed by atoms with Crippen molar-refractivity contribution in [3.8, 4) is 5.75 Å². The third-order valence-electron chi connectivity index (χ3n) is 3.64. The number of benzene rings is 2. The van der Waals surface area contributed by atoms with Crippen LogP contribution < -0.4 is 9.64 Å². The third kappa shape index (κ3) is 5.08. The minimum atomic E-state index is -0.408. The number of hydrogen-bond donors (Lipinski definition) is 0. The number of rotatable bonds is 7. The average molecular weight is 341 g/mol. The van der Waals surface area contributed by atoms with E-state index in [1.165, 1.54) is 0 Å². The van der Waals surface area contributed by atoms with E-state index < -0.39 is 5.97 Å². The lowest BCUT2D eigenvalue weighted by Gasteiger charge is -2.21. The van der Waals surface area contributed by atoms with Crippen LogP contribution in [0.3, 0.4) is 0 Å². The highest BCUT2D eigenvalue weighted by molar-refractivity contribution is 5.94. The van der Waals surface area contributed by atoms with Crippen molar-refractivity contribution in [3.63, 3.8) is 0 Å². The molecule has 1 amide bonds. The second kappa shape index (κ2) is 8.87. The summed E-state index contributed by atoms with van der Waals surface area (Å²) in [6.45, 7) is 6.41. The zero-order valence-corrected chi connectivity index (χ0v) is 14.8. The number of nitrogens with zero attached hydrogens (tertiary/aromatic N) is 1. The van der Waals surface area contributed by atoms with Crippen molar-refractivity contribution in [3.05, 3.63) is 59.7 Å². The Bertz CT molecular complexity index is 742. The Morgan fingerprint density at radius 1 is 1.04 bits per heavy atom. The van der Waals surface area contributed by atoms with E-state index >= 15 is 0 Å². The van der Waals surface area contributed by atoms with Crippen LogP contribution in [-0.4, -0.2) is 31.6 Å². The van der Waals surface area contributed by atoms with Crippen molar-refractivity contribution in [1.82, 2.24) is 0 Å². The molecule has 0 fully saturated rings. The molecule has 132 valence electrons. The smallest absolute Gasteiger partial charge is 0.338 e. The molecule has 0 saturated carbocycles. The second-order valence-electron chi connectivity index (χ2n) is 5.51. The fourth-order valence-electron chi connectivity index (χ4n) is 2.45. The summed E-state index contributed by atoms with van der Waals surface area (Å²) >= 11 is 0. The molecule has 5 nitrogen and oxygen atoms in total. The van der Waals surface area contributed by atoms with E-state index in [0.717, 1.165) is 11.3 Å². The lowest BCUT2D eigenvalue weighted by Crippen LogP contribution is -2.34. The fourth-order valence-corrected chi connectivity index (χ4v) is 2.45. The molecule has 0 radical (unpaired) electrons. The molecule has 2 rings (SSSR count). The van der Waals surface area contributed by atoms with Gasteiger partial charge in [-0.15, -0.1) is 0 Å². The molecule has 0 aromatic heterocycles. The number of aryl methyl sites for hydroxylation is 1. The van der Waals surface area contributed by atoms with E-state index in [2.05, 4.69) is 0 Å². The molecule has 0 heterocycles. The SMILES string of the molecule is CCOC(=O)c1cccc(OCC(=O)N(CC)c2cccc(C)c2)c1. The Morgan fingerprint density at radius 3 is 2.48 bits per heavy atom. The van der Waals surface area contributed by atoms with Crippen LogP contribution in [0, 0.1) is 6.92 Å². The Morgan fingerprint density at radius 2 is 1.80 bits per heavy atom. The van der Waals surface area contributed by atoms with Gasteiger partial charge in [-0.2, -0.15) is 0 Å². The van der Waals surface area contributed by atoms with Gasteiger partial charge in [0, 0.05) is 12.2 Å². The number of amides is 1. The lowest BCUT2D eigenvalue weighted by atomic mass is 10.2. The highest BCUT2D eigenvalue weighted by Crippen LogP contribution is 2.18. The minimum Gasteiger partial charge on any atom is -0.484 e. The summed E-state index contributed by atoms with van der Waals surface area (Å²) in [5.74, 6) is -0.0944. The Hall–Kier alpha value is -2.82. The van der Waals surface area contributed by atoms with Crippen molar-refractivity contribution in [2.24, 2.45) is 0 Å².